The third-order valence-electron chi connectivity index (χ3n) is 2.29. The minimum Gasteiger partial charge on any atom is -0.289 e. The van der Waals surface area contributed by atoms with Gasteiger partial charge >= 0.3 is 0 Å². The van der Waals surface area contributed by atoms with Crippen molar-refractivity contribution in [3.8, 4) is 0 Å². The second-order valence-electron chi connectivity index (χ2n) is 3.47. The summed E-state index contributed by atoms with van der Waals surface area (Å²) in [6.45, 7) is 0. The standard InChI is InChI=1S/C15H12O.Pd/c16-15(14-9-5-2-6-10-14)12-11-13-7-3-1-4-8-13;/h1-12H;/b12-11+;. The van der Waals surface area contributed by atoms with Crippen LogP contribution in [0.5, 0.6) is 0 Å². The van der Waals surface area contributed by atoms with Crippen LogP contribution in [-0.4, -0.2) is 5.78 Å². The summed E-state index contributed by atoms with van der Waals surface area (Å²) in [7, 11) is 0. The Morgan fingerprint density at radius 3 is 1.94 bits per heavy atom. The Bertz CT molecular complexity index is 489. The molecular formula is C15H12OPd. The van der Waals surface area contributed by atoms with Crippen molar-refractivity contribution in [1.82, 2.24) is 0 Å². The van der Waals surface area contributed by atoms with Gasteiger partial charge < -0.3 is 0 Å². The van der Waals surface area contributed by atoms with E-state index in [4.69, 9.17) is 0 Å². The van der Waals surface area contributed by atoms with Gasteiger partial charge in [0.2, 0.25) is 0 Å². The van der Waals surface area contributed by atoms with Gasteiger partial charge in [-0.2, -0.15) is 0 Å². The summed E-state index contributed by atoms with van der Waals surface area (Å²) in [6, 6.07) is 19.1. The van der Waals surface area contributed by atoms with Gasteiger partial charge in [0, 0.05) is 26.0 Å². The molecule has 2 aromatic rings. The number of ketones is 1. The van der Waals surface area contributed by atoms with Crippen LogP contribution in [0, 0.1) is 0 Å². The molecule has 2 rings (SSSR count). The fraction of sp³-hybridized carbons (Fsp3) is 0. The fourth-order valence-corrected chi connectivity index (χ4v) is 1.43. The summed E-state index contributed by atoms with van der Waals surface area (Å²) in [5.41, 5.74) is 1.75. The summed E-state index contributed by atoms with van der Waals surface area (Å²) >= 11 is 0. The predicted octanol–water partition coefficient (Wildman–Crippen LogP) is 3.58. The summed E-state index contributed by atoms with van der Waals surface area (Å²) in [6.07, 6.45) is 3.43. The molecule has 0 aliphatic rings. The molecule has 2 heteroatoms. The molecule has 2 aromatic carbocycles. The van der Waals surface area contributed by atoms with Crippen molar-refractivity contribution in [3.63, 3.8) is 0 Å². The van der Waals surface area contributed by atoms with Gasteiger partial charge in [-0.3, -0.25) is 4.79 Å². The van der Waals surface area contributed by atoms with E-state index in [1.54, 1.807) is 6.08 Å². The van der Waals surface area contributed by atoms with Crippen molar-refractivity contribution in [2.45, 2.75) is 0 Å². The Labute approximate surface area is 115 Å². The van der Waals surface area contributed by atoms with Gasteiger partial charge in [-0.1, -0.05) is 66.7 Å². The van der Waals surface area contributed by atoms with Crippen molar-refractivity contribution < 1.29 is 25.2 Å². The van der Waals surface area contributed by atoms with Crippen molar-refractivity contribution in [2.75, 3.05) is 0 Å². The van der Waals surface area contributed by atoms with Crippen LogP contribution < -0.4 is 0 Å². The first-order valence-corrected chi connectivity index (χ1v) is 5.19. The van der Waals surface area contributed by atoms with Crippen LogP contribution >= 0.6 is 0 Å². The smallest absolute Gasteiger partial charge is 0.185 e. The van der Waals surface area contributed by atoms with Gasteiger partial charge in [-0.15, -0.1) is 0 Å². The molecule has 0 aromatic heterocycles. The molecule has 88 valence electrons. The van der Waals surface area contributed by atoms with Gasteiger partial charge in [-0.25, -0.2) is 0 Å². The third-order valence-corrected chi connectivity index (χ3v) is 2.29. The van der Waals surface area contributed by atoms with Crippen LogP contribution in [0.4, 0.5) is 0 Å². The molecule has 0 saturated heterocycles. The Kier molecular flexibility index (Phi) is 5.56. The second kappa shape index (κ2) is 6.96. The maximum atomic E-state index is 11.7. The molecule has 0 fully saturated rings. The Hall–Kier alpha value is -1.49. The van der Waals surface area contributed by atoms with E-state index < -0.39 is 0 Å². The van der Waals surface area contributed by atoms with Gasteiger partial charge in [0.1, 0.15) is 0 Å². The van der Waals surface area contributed by atoms with E-state index in [1.807, 2.05) is 66.7 Å². The molecule has 0 aliphatic carbocycles. The van der Waals surface area contributed by atoms with Crippen molar-refractivity contribution in [1.29, 1.82) is 0 Å². The molecule has 0 radical (unpaired) electrons. The molecule has 1 nitrogen and oxygen atoms in total. The zero-order valence-electron chi connectivity index (χ0n) is 9.15. The van der Waals surface area contributed by atoms with Crippen LogP contribution in [0.25, 0.3) is 6.08 Å². The van der Waals surface area contributed by atoms with E-state index in [2.05, 4.69) is 0 Å². The van der Waals surface area contributed by atoms with Crippen LogP contribution in [-0.2, 0) is 20.4 Å². The number of hydrogen-bond acceptors (Lipinski definition) is 1. The summed E-state index contributed by atoms with van der Waals surface area (Å²) in [4.78, 5) is 11.7. The van der Waals surface area contributed by atoms with Gasteiger partial charge in [0.05, 0.1) is 0 Å². The van der Waals surface area contributed by atoms with Gasteiger partial charge in [-0.05, 0) is 11.6 Å². The molecule has 0 amide bonds. The zero-order chi connectivity index (χ0) is 11.2. The summed E-state index contributed by atoms with van der Waals surface area (Å²) in [5.74, 6) is 0.0319. The first-order valence-electron chi connectivity index (χ1n) is 5.19. The number of carbonyl (C=O) groups excluding carboxylic acids is 1. The van der Waals surface area contributed by atoms with Crippen LogP contribution in [0.15, 0.2) is 66.7 Å². The molecular weight excluding hydrogens is 303 g/mol. The van der Waals surface area contributed by atoms with E-state index in [9.17, 15) is 4.79 Å². The average Bonchev–Trinajstić information content (AvgIpc) is 2.38. The minimum atomic E-state index is 0. The van der Waals surface area contributed by atoms with Crippen molar-refractivity contribution >= 4 is 11.9 Å². The molecule has 0 bridgehead atoms. The monoisotopic (exact) mass is 314 g/mol. The summed E-state index contributed by atoms with van der Waals surface area (Å²) in [5, 5.41) is 0. The first kappa shape index (κ1) is 13.6. The van der Waals surface area contributed by atoms with E-state index in [-0.39, 0.29) is 26.2 Å². The molecule has 0 atom stereocenters. The van der Waals surface area contributed by atoms with Gasteiger partial charge in [0.15, 0.2) is 5.78 Å². The Morgan fingerprint density at radius 2 is 1.35 bits per heavy atom. The number of allylic oxidation sites excluding steroid dienone is 1. The van der Waals surface area contributed by atoms with Crippen LogP contribution in [0.3, 0.4) is 0 Å². The number of benzene rings is 2. The fourth-order valence-electron chi connectivity index (χ4n) is 1.43. The normalized spacial score (nSPS) is 9.88. The SMILES string of the molecule is O=C(/C=C/c1ccccc1)c1ccccc1.[Pd]. The van der Waals surface area contributed by atoms with E-state index in [0.717, 1.165) is 11.1 Å². The van der Waals surface area contributed by atoms with Crippen LogP contribution in [0.2, 0.25) is 0 Å². The largest absolute Gasteiger partial charge is 0.289 e. The Balaban J connectivity index is 0.00000144. The minimum absolute atomic E-state index is 0. The molecule has 0 spiro atoms. The zero-order valence-corrected chi connectivity index (χ0v) is 10.7. The molecule has 17 heavy (non-hydrogen) atoms. The number of rotatable bonds is 3. The Morgan fingerprint density at radius 1 is 0.824 bits per heavy atom. The predicted molar refractivity (Wildman–Crippen MR) is 66.2 cm³/mol. The van der Waals surface area contributed by atoms with Crippen LogP contribution in [0.1, 0.15) is 15.9 Å². The van der Waals surface area contributed by atoms with E-state index >= 15 is 0 Å². The first-order chi connectivity index (χ1) is 7.86. The summed E-state index contributed by atoms with van der Waals surface area (Å²) < 4.78 is 0. The van der Waals surface area contributed by atoms with E-state index in [0.29, 0.717) is 0 Å². The molecule has 0 aliphatic heterocycles. The van der Waals surface area contributed by atoms with Crippen molar-refractivity contribution in [3.05, 3.63) is 77.9 Å². The maximum Gasteiger partial charge on any atom is 0.185 e. The van der Waals surface area contributed by atoms with Crippen molar-refractivity contribution in [2.24, 2.45) is 0 Å². The average molecular weight is 315 g/mol. The molecule has 0 saturated carbocycles. The van der Waals surface area contributed by atoms with Gasteiger partial charge in [0.25, 0.3) is 0 Å². The third kappa shape index (κ3) is 4.11. The topological polar surface area (TPSA) is 17.1 Å². The molecule has 0 heterocycles. The maximum absolute atomic E-state index is 11.7. The van der Waals surface area contributed by atoms with E-state index in [1.165, 1.54) is 0 Å². The number of hydrogen-bond donors (Lipinski definition) is 0. The number of carbonyl (C=O) groups is 1. The second-order valence-corrected chi connectivity index (χ2v) is 3.47. The quantitative estimate of drug-likeness (QED) is 0.481. The molecule has 0 N–H and O–H groups in total. The molecule has 0 unspecified atom stereocenters.